The lowest BCUT2D eigenvalue weighted by Crippen LogP contribution is -2.35. The van der Waals surface area contributed by atoms with Crippen molar-refractivity contribution in [3.05, 3.63) is 35.1 Å². The molecule has 1 aliphatic rings. The number of hydrogen-bond acceptors (Lipinski definition) is 1. The van der Waals surface area contributed by atoms with Gasteiger partial charge in [-0.1, -0.05) is 18.9 Å². The van der Waals surface area contributed by atoms with Crippen molar-refractivity contribution in [3.8, 4) is 0 Å². The number of nitrogens with one attached hydrogen (secondary N) is 1. The van der Waals surface area contributed by atoms with Crippen LogP contribution >= 0.6 is 0 Å². The summed E-state index contributed by atoms with van der Waals surface area (Å²) in [4.78, 5) is 0. The molecule has 0 saturated heterocycles. The van der Waals surface area contributed by atoms with Crippen molar-refractivity contribution in [1.29, 1.82) is 0 Å². The van der Waals surface area contributed by atoms with Gasteiger partial charge in [0.15, 0.2) is 0 Å². The second-order valence-corrected chi connectivity index (χ2v) is 4.79. The van der Waals surface area contributed by atoms with Gasteiger partial charge in [-0.2, -0.15) is 0 Å². The van der Waals surface area contributed by atoms with Gasteiger partial charge in [0.05, 0.1) is 0 Å². The molecule has 16 heavy (non-hydrogen) atoms. The zero-order valence-electron chi connectivity index (χ0n) is 10.1. The van der Waals surface area contributed by atoms with Crippen LogP contribution in [0.3, 0.4) is 0 Å². The van der Waals surface area contributed by atoms with E-state index in [0.717, 1.165) is 0 Å². The minimum atomic E-state index is -0.110. The lowest BCUT2D eigenvalue weighted by molar-refractivity contribution is 0.342. The molecule has 1 N–H and O–H groups in total. The summed E-state index contributed by atoms with van der Waals surface area (Å²) in [6, 6.07) is 5.67. The first-order valence-electron chi connectivity index (χ1n) is 6.15. The van der Waals surface area contributed by atoms with E-state index in [0.29, 0.717) is 12.0 Å². The molecule has 1 aromatic rings. The first-order chi connectivity index (χ1) is 7.72. The summed E-state index contributed by atoms with van der Waals surface area (Å²) in [7, 11) is 2.01. The number of benzene rings is 1. The van der Waals surface area contributed by atoms with E-state index in [1.165, 1.54) is 36.8 Å². The molecule has 0 aromatic heterocycles. The Morgan fingerprint density at radius 2 is 2.00 bits per heavy atom. The molecule has 1 aliphatic carbocycles. The molecular formula is C14H20FN. The number of hydrogen-bond donors (Lipinski definition) is 1. The summed E-state index contributed by atoms with van der Waals surface area (Å²) in [5.41, 5.74) is 2.41. The maximum Gasteiger partial charge on any atom is 0.123 e. The molecule has 0 bridgehead atoms. The summed E-state index contributed by atoms with van der Waals surface area (Å²) < 4.78 is 13.3. The van der Waals surface area contributed by atoms with Gasteiger partial charge in [-0.15, -0.1) is 0 Å². The van der Waals surface area contributed by atoms with E-state index in [2.05, 4.69) is 12.2 Å². The highest BCUT2D eigenvalue weighted by atomic mass is 19.1. The standard InChI is InChI=1S/C14H20FN/c1-10-7-8-11(15)9-13(10)12-5-3-4-6-14(12)16-2/h7-9,12,14,16H,3-6H2,1-2H3. The Labute approximate surface area is 97.1 Å². The normalized spacial score (nSPS) is 25.7. The second kappa shape index (κ2) is 4.96. The molecule has 1 saturated carbocycles. The topological polar surface area (TPSA) is 12.0 Å². The monoisotopic (exact) mass is 221 g/mol. The first-order valence-corrected chi connectivity index (χ1v) is 6.15. The van der Waals surface area contributed by atoms with Gasteiger partial charge < -0.3 is 5.32 Å². The fourth-order valence-electron chi connectivity index (χ4n) is 2.86. The predicted octanol–water partition coefficient (Wildman–Crippen LogP) is 3.38. The van der Waals surface area contributed by atoms with Crippen LogP contribution in [0.5, 0.6) is 0 Å². The van der Waals surface area contributed by atoms with Gasteiger partial charge in [-0.3, -0.25) is 0 Å². The van der Waals surface area contributed by atoms with Crippen molar-refractivity contribution in [1.82, 2.24) is 5.32 Å². The van der Waals surface area contributed by atoms with E-state index in [1.807, 2.05) is 13.1 Å². The molecule has 0 spiro atoms. The highest BCUT2D eigenvalue weighted by Crippen LogP contribution is 2.34. The molecular weight excluding hydrogens is 201 g/mol. The number of rotatable bonds is 2. The van der Waals surface area contributed by atoms with Gasteiger partial charge in [0.1, 0.15) is 5.82 Å². The number of aryl methyl sites for hydroxylation is 1. The molecule has 1 fully saturated rings. The summed E-state index contributed by atoms with van der Waals surface area (Å²) in [6.45, 7) is 2.08. The Hall–Kier alpha value is -0.890. The molecule has 2 heteroatoms. The minimum Gasteiger partial charge on any atom is -0.316 e. The third kappa shape index (κ3) is 2.27. The van der Waals surface area contributed by atoms with E-state index in [-0.39, 0.29) is 5.82 Å². The minimum absolute atomic E-state index is 0.110. The molecule has 88 valence electrons. The number of halogens is 1. The molecule has 2 unspecified atom stereocenters. The average molecular weight is 221 g/mol. The van der Waals surface area contributed by atoms with Crippen LogP contribution < -0.4 is 5.32 Å². The van der Waals surface area contributed by atoms with Gasteiger partial charge in [-0.25, -0.2) is 4.39 Å². The molecule has 0 heterocycles. The Balaban J connectivity index is 2.30. The highest BCUT2D eigenvalue weighted by molar-refractivity contribution is 5.31. The van der Waals surface area contributed by atoms with Crippen molar-refractivity contribution in [2.24, 2.45) is 0 Å². The zero-order chi connectivity index (χ0) is 11.5. The Morgan fingerprint density at radius 1 is 1.25 bits per heavy atom. The average Bonchev–Trinajstić information content (AvgIpc) is 2.32. The van der Waals surface area contributed by atoms with Gasteiger partial charge in [-0.05, 0) is 56.0 Å². The maximum absolute atomic E-state index is 13.3. The number of likely N-dealkylation sites (N-methyl/N-ethyl adjacent to an activating group) is 1. The van der Waals surface area contributed by atoms with E-state index in [9.17, 15) is 4.39 Å². The highest BCUT2D eigenvalue weighted by Gasteiger charge is 2.26. The quantitative estimate of drug-likeness (QED) is 0.807. The summed E-state index contributed by atoms with van der Waals surface area (Å²) in [5, 5.41) is 3.38. The van der Waals surface area contributed by atoms with E-state index < -0.39 is 0 Å². The maximum atomic E-state index is 13.3. The molecule has 1 aromatic carbocycles. The second-order valence-electron chi connectivity index (χ2n) is 4.79. The largest absolute Gasteiger partial charge is 0.316 e. The smallest absolute Gasteiger partial charge is 0.123 e. The zero-order valence-corrected chi connectivity index (χ0v) is 10.1. The van der Waals surface area contributed by atoms with Crippen LogP contribution in [0.4, 0.5) is 4.39 Å². The fourth-order valence-corrected chi connectivity index (χ4v) is 2.86. The Kier molecular flexibility index (Phi) is 3.59. The van der Waals surface area contributed by atoms with E-state index in [1.54, 1.807) is 12.1 Å². The molecule has 2 atom stereocenters. The summed E-state index contributed by atoms with van der Waals surface area (Å²) in [6.07, 6.45) is 4.93. The van der Waals surface area contributed by atoms with E-state index >= 15 is 0 Å². The van der Waals surface area contributed by atoms with Gasteiger partial charge in [0.2, 0.25) is 0 Å². The van der Waals surface area contributed by atoms with Crippen molar-refractivity contribution < 1.29 is 4.39 Å². The molecule has 0 amide bonds. The lowest BCUT2D eigenvalue weighted by atomic mass is 9.78. The van der Waals surface area contributed by atoms with Gasteiger partial charge >= 0.3 is 0 Å². The van der Waals surface area contributed by atoms with Crippen LogP contribution in [0.15, 0.2) is 18.2 Å². The fraction of sp³-hybridized carbons (Fsp3) is 0.571. The summed E-state index contributed by atoms with van der Waals surface area (Å²) >= 11 is 0. The summed E-state index contributed by atoms with van der Waals surface area (Å²) in [5.74, 6) is 0.371. The van der Waals surface area contributed by atoms with Crippen LogP contribution in [0.1, 0.15) is 42.7 Å². The van der Waals surface area contributed by atoms with Crippen LogP contribution in [-0.4, -0.2) is 13.1 Å². The molecule has 0 radical (unpaired) electrons. The Bertz CT molecular complexity index is 362. The predicted molar refractivity (Wildman–Crippen MR) is 65.2 cm³/mol. The van der Waals surface area contributed by atoms with Gasteiger partial charge in [0.25, 0.3) is 0 Å². The van der Waals surface area contributed by atoms with Crippen molar-refractivity contribution in [3.63, 3.8) is 0 Å². The van der Waals surface area contributed by atoms with Crippen molar-refractivity contribution in [2.45, 2.75) is 44.6 Å². The van der Waals surface area contributed by atoms with Crippen molar-refractivity contribution >= 4 is 0 Å². The van der Waals surface area contributed by atoms with E-state index in [4.69, 9.17) is 0 Å². The van der Waals surface area contributed by atoms with Crippen LogP contribution in [-0.2, 0) is 0 Å². The van der Waals surface area contributed by atoms with Crippen LogP contribution in [0.2, 0.25) is 0 Å². The van der Waals surface area contributed by atoms with Crippen molar-refractivity contribution in [2.75, 3.05) is 7.05 Å². The third-order valence-corrected chi connectivity index (χ3v) is 3.78. The van der Waals surface area contributed by atoms with Gasteiger partial charge in [0, 0.05) is 6.04 Å². The molecule has 1 nitrogen and oxygen atoms in total. The molecule has 2 rings (SSSR count). The SMILES string of the molecule is CNC1CCCCC1c1cc(F)ccc1C. The third-order valence-electron chi connectivity index (χ3n) is 3.78. The van der Waals surface area contributed by atoms with Crippen LogP contribution in [0, 0.1) is 12.7 Å². The molecule has 0 aliphatic heterocycles. The Morgan fingerprint density at radius 3 is 2.75 bits per heavy atom. The lowest BCUT2D eigenvalue weighted by Gasteiger charge is -2.32. The first kappa shape index (κ1) is 11.6. The van der Waals surface area contributed by atoms with Crippen LogP contribution in [0.25, 0.3) is 0 Å².